The predicted molar refractivity (Wildman–Crippen MR) is 87.0 cm³/mol. The maximum absolute atomic E-state index is 12.3. The highest BCUT2D eigenvalue weighted by Gasteiger charge is 2.22. The highest BCUT2D eigenvalue weighted by molar-refractivity contribution is 7.98. The first-order valence-electron chi connectivity index (χ1n) is 6.88. The standard InChI is InChI=1S/C13H22N2O2S3/c1-3-10(9-18-2)15-20(16,17)13-7-6-12(19-13)8-14-11-4-5-11/h6-7,10-11,14-15H,3-5,8-9H2,1-2H3. The van der Waals surface area contributed by atoms with Gasteiger partial charge in [0.1, 0.15) is 4.21 Å². The SMILES string of the molecule is CCC(CSC)NS(=O)(=O)c1ccc(CNC2CC2)s1. The predicted octanol–water partition coefficient (Wildman–Crippen LogP) is 2.42. The molecule has 0 radical (unpaired) electrons. The van der Waals surface area contributed by atoms with Gasteiger partial charge in [0.25, 0.3) is 0 Å². The smallest absolute Gasteiger partial charge is 0.250 e. The van der Waals surface area contributed by atoms with Gasteiger partial charge in [0.15, 0.2) is 0 Å². The van der Waals surface area contributed by atoms with Crippen molar-refractivity contribution in [2.75, 3.05) is 12.0 Å². The first-order valence-corrected chi connectivity index (χ1v) is 10.6. The topological polar surface area (TPSA) is 58.2 Å². The summed E-state index contributed by atoms with van der Waals surface area (Å²) in [5, 5.41) is 3.40. The zero-order valence-corrected chi connectivity index (χ0v) is 14.3. The van der Waals surface area contributed by atoms with Crippen molar-refractivity contribution in [2.45, 2.75) is 49.0 Å². The van der Waals surface area contributed by atoms with E-state index in [0.29, 0.717) is 10.3 Å². The van der Waals surface area contributed by atoms with E-state index in [1.165, 1.54) is 24.2 Å². The lowest BCUT2D eigenvalue weighted by molar-refractivity contribution is 0.560. The minimum absolute atomic E-state index is 0.00476. The quantitative estimate of drug-likeness (QED) is 0.728. The van der Waals surface area contributed by atoms with Crippen molar-refractivity contribution in [3.05, 3.63) is 17.0 Å². The largest absolute Gasteiger partial charge is 0.309 e. The molecule has 4 nitrogen and oxygen atoms in total. The molecule has 0 saturated heterocycles. The van der Waals surface area contributed by atoms with Crippen molar-refractivity contribution in [2.24, 2.45) is 0 Å². The second kappa shape index (κ2) is 7.26. The Morgan fingerprint density at radius 1 is 1.45 bits per heavy atom. The van der Waals surface area contributed by atoms with Crippen LogP contribution in [0.4, 0.5) is 0 Å². The van der Waals surface area contributed by atoms with E-state index in [-0.39, 0.29) is 6.04 Å². The van der Waals surface area contributed by atoms with Gasteiger partial charge in [-0.15, -0.1) is 11.3 Å². The van der Waals surface area contributed by atoms with Crippen molar-refractivity contribution in [3.63, 3.8) is 0 Å². The Morgan fingerprint density at radius 3 is 2.80 bits per heavy atom. The fraction of sp³-hybridized carbons (Fsp3) is 0.692. The number of rotatable bonds is 9. The summed E-state index contributed by atoms with van der Waals surface area (Å²) < 4.78 is 27.8. The van der Waals surface area contributed by atoms with Gasteiger partial charge in [-0.25, -0.2) is 13.1 Å². The van der Waals surface area contributed by atoms with Crippen LogP contribution in [0.25, 0.3) is 0 Å². The van der Waals surface area contributed by atoms with Crippen molar-refractivity contribution in [3.8, 4) is 0 Å². The fourth-order valence-electron chi connectivity index (χ4n) is 1.84. The second-order valence-corrected chi connectivity index (χ2v) is 9.08. The van der Waals surface area contributed by atoms with Gasteiger partial charge in [-0.1, -0.05) is 6.92 Å². The van der Waals surface area contributed by atoms with Gasteiger partial charge in [-0.05, 0) is 37.7 Å². The molecule has 1 aromatic rings. The average molecular weight is 335 g/mol. The van der Waals surface area contributed by atoms with Crippen LogP contribution in [0.5, 0.6) is 0 Å². The highest BCUT2D eigenvalue weighted by atomic mass is 32.2. The maximum Gasteiger partial charge on any atom is 0.250 e. The van der Waals surface area contributed by atoms with E-state index < -0.39 is 10.0 Å². The van der Waals surface area contributed by atoms with Crippen LogP contribution in [0.2, 0.25) is 0 Å². The van der Waals surface area contributed by atoms with Gasteiger partial charge in [0.2, 0.25) is 10.0 Å². The summed E-state index contributed by atoms with van der Waals surface area (Å²) in [6, 6.07) is 4.26. The first-order chi connectivity index (χ1) is 9.55. The Balaban J connectivity index is 1.96. The van der Waals surface area contributed by atoms with Crippen LogP contribution in [0, 0.1) is 0 Å². The molecule has 1 fully saturated rings. The van der Waals surface area contributed by atoms with E-state index in [2.05, 4.69) is 10.0 Å². The van der Waals surface area contributed by atoms with Crippen LogP contribution in [-0.2, 0) is 16.6 Å². The molecule has 0 bridgehead atoms. The molecular formula is C13H22N2O2S3. The first kappa shape index (κ1) is 16.3. The summed E-state index contributed by atoms with van der Waals surface area (Å²) in [6.45, 7) is 2.77. The molecule has 1 aliphatic rings. The number of sulfonamides is 1. The molecule has 1 aromatic heterocycles. The van der Waals surface area contributed by atoms with E-state index in [0.717, 1.165) is 23.6 Å². The zero-order chi connectivity index (χ0) is 14.6. The lowest BCUT2D eigenvalue weighted by atomic mass is 10.3. The molecule has 114 valence electrons. The number of hydrogen-bond donors (Lipinski definition) is 2. The van der Waals surface area contributed by atoms with Gasteiger partial charge < -0.3 is 5.32 Å². The van der Waals surface area contributed by atoms with E-state index >= 15 is 0 Å². The van der Waals surface area contributed by atoms with Crippen LogP contribution >= 0.6 is 23.1 Å². The summed E-state index contributed by atoms with van der Waals surface area (Å²) in [5.41, 5.74) is 0. The Hall–Kier alpha value is -0.0800. The second-order valence-electron chi connectivity index (χ2n) is 5.06. The average Bonchev–Trinajstić information content (AvgIpc) is 3.11. The fourth-order valence-corrected chi connectivity index (χ4v) is 5.31. The van der Waals surface area contributed by atoms with Crippen LogP contribution < -0.4 is 10.0 Å². The number of hydrogen-bond acceptors (Lipinski definition) is 5. The monoisotopic (exact) mass is 334 g/mol. The molecule has 7 heteroatoms. The van der Waals surface area contributed by atoms with Crippen molar-refractivity contribution >= 4 is 33.1 Å². The summed E-state index contributed by atoms with van der Waals surface area (Å²) >= 11 is 3.02. The number of nitrogens with one attached hydrogen (secondary N) is 2. The molecule has 1 heterocycles. The highest BCUT2D eigenvalue weighted by Crippen LogP contribution is 2.24. The van der Waals surface area contributed by atoms with Gasteiger partial charge in [0.05, 0.1) is 0 Å². The summed E-state index contributed by atoms with van der Waals surface area (Å²) in [4.78, 5) is 1.08. The summed E-state index contributed by atoms with van der Waals surface area (Å²) in [5.74, 6) is 0.803. The van der Waals surface area contributed by atoms with Gasteiger partial charge in [-0.2, -0.15) is 11.8 Å². The summed E-state index contributed by atoms with van der Waals surface area (Å²) in [6.07, 6.45) is 5.28. The normalized spacial score (nSPS) is 17.3. The van der Waals surface area contributed by atoms with Crippen molar-refractivity contribution in [1.29, 1.82) is 0 Å². The number of thioether (sulfide) groups is 1. The Labute approximate surface area is 129 Å². The minimum Gasteiger partial charge on any atom is -0.309 e. The lowest BCUT2D eigenvalue weighted by Gasteiger charge is -2.14. The Morgan fingerprint density at radius 2 is 2.20 bits per heavy atom. The van der Waals surface area contributed by atoms with Gasteiger partial charge in [-0.3, -0.25) is 0 Å². The van der Waals surface area contributed by atoms with Crippen LogP contribution in [-0.4, -0.2) is 32.5 Å². The van der Waals surface area contributed by atoms with E-state index in [1.807, 2.05) is 19.2 Å². The van der Waals surface area contributed by atoms with Crippen LogP contribution in [0.1, 0.15) is 31.1 Å². The van der Waals surface area contributed by atoms with E-state index in [9.17, 15) is 8.42 Å². The van der Waals surface area contributed by atoms with E-state index in [4.69, 9.17) is 0 Å². The van der Waals surface area contributed by atoms with Crippen molar-refractivity contribution in [1.82, 2.24) is 10.0 Å². The molecule has 2 rings (SSSR count). The van der Waals surface area contributed by atoms with Gasteiger partial charge in [0, 0.05) is 29.3 Å². The van der Waals surface area contributed by atoms with Gasteiger partial charge >= 0.3 is 0 Å². The molecule has 0 spiro atoms. The third kappa shape index (κ3) is 4.73. The molecule has 1 atom stereocenters. The molecule has 20 heavy (non-hydrogen) atoms. The molecule has 2 N–H and O–H groups in total. The zero-order valence-electron chi connectivity index (χ0n) is 11.9. The Bertz CT molecular complexity index is 523. The molecular weight excluding hydrogens is 312 g/mol. The third-order valence-corrected chi connectivity index (χ3v) is 7.06. The van der Waals surface area contributed by atoms with Crippen molar-refractivity contribution < 1.29 is 8.42 Å². The molecule has 0 aromatic carbocycles. The Kier molecular flexibility index (Phi) is 5.92. The van der Waals surface area contributed by atoms with E-state index in [1.54, 1.807) is 17.8 Å². The maximum atomic E-state index is 12.3. The number of thiophene rings is 1. The minimum atomic E-state index is -3.37. The molecule has 0 aliphatic heterocycles. The lowest BCUT2D eigenvalue weighted by Crippen LogP contribution is -2.35. The van der Waals surface area contributed by atoms with Crippen LogP contribution in [0.15, 0.2) is 16.3 Å². The van der Waals surface area contributed by atoms with Crippen LogP contribution in [0.3, 0.4) is 0 Å². The molecule has 1 aliphatic carbocycles. The molecule has 1 unspecified atom stereocenters. The third-order valence-electron chi connectivity index (χ3n) is 3.23. The summed E-state index contributed by atoms with van der Waals surface area (Å²) in [7, 11) is -3.37. The molecule has 0 amide bonds. The molecule has 1 saturated carbocycles.